The van der Waals surface area contributed by atoms with Gasteiger partial charge in [-0.15, -0.1) is 0 Å². The summed E-state index contributed by atoms with van der Waals surface area (Å²) >= 11 is 0. The van der Waals surface area contributed by atoms with Gasteiger partial charge in [0, 0.05) is 6.21 Å². The summed E-state index contributed by atoms with van der Waals surface area (Å²) in [4.78, 5) is 4.53. The highest BCUT2D eigenvalue weighted by molar-refractivity contribution is 5.82. The second kappa shape index (κ2) is 13.0. The van der Waals surface area contributed by atoms with E-state index in [4.69, 9.17) is 9.47 Å². The normalized spacial score (nSPS) is 11.0. The van der Waals surface area contributed by atoms with Crippen LogP contribution < -0.4 is 9.47 Å². The van der Waals surface area contributed by atoms with Gasteiger partial charge in [-0.25, -0.2) is 0 Å². The standard InChI is InChI=1S/C24H33NO2/c1-3-5-7-9-19-27-24-16-12-22(13-17-24)25-20-21-10-14-23(15-11-21)26-18-8-6-4-2/h10-17,20H,3-9,18-19H2,1-2H3. The van der Waals surface area contributed by atoms with E-state index in [1.807, 2.05) is 54.7 Å². The van der Waals surface area contributed by atoms with Crippen molar-refractivity contribution in [2.24, 2.45) is 4.99 Å². The first-order valence-electron chi connectivity index (χ1n) is 10.3. The number of aliphatic imine (C=N–C) groups is 1. The Bertz CT molecular complexity index is 647. The van der Waals surface area contributed by atoms with Gasteiger partial charge >= 0.3 is 0 Å². The minimum absolute atomic E-state index is 0.786. The number of ether oxygens (including phenoxy) is 2. The molecule has 0 amide bonds. The summed E-state index contributed by atoms with van der Waals surface area (Å²) < 4.78 is 11.5. The van der Waals surface area contributed by atoms with Crippen LogP contribution in [0.1, 0.15) is 64.4 Å². The molecule has 3 nitrogen and oxygen atoms in total. The van der Waals surface area contributed by atoms with Gasteiger partial charge in [0.15, 0.2) is 0 Å². The molecule has 0 bridgehead atoms. The molecule has 146 valence electrons. The van der Waals surface area contributed by atoms with Crippen LogP contribution in [-0.4, -0.2) is 19.4 Å². The van der Waals surface area contributed by atoms with E-state index in [1.54, 1.807) is 0 Å². The lowest BCUT2D eigenvalue weighted by atomic mass is 10.2. The third-order valence-corrected chi connectivity index (χ3v) is 4.36. The smallest absolute Gasteiger partial charge is 0.119 e. The maximum absolute atomic E-state index is 5.77. The van der Waals surface area contributed by atoms with Gasteiger partial charge in [-0.2, -0.15) is 0 Å². The van der Waals surface area contributed by atoms with Crippen molar-refractivity contribution in [3.8, 4) is 11.5 Å². The molecule has 2 rings (SSSR count). The van der Waals surface area contributed by atoms with Gasteiger partial charge < -0.3 is 9.47 Å². The van der Waals surface area contributed by atoms with E-state index < -0.39 is 0 Å². The molecule has 2 aromatic rings. The van der Waals surface area contributed by atoms with E-state index in [0.29, 0.717) is 0 Å². The van der Waals surface area contributed by atoms with Crippen LogP contribution in [0.5, 0.6) is 11.5 Å². The average molecular weight is 368 g/mol. The van der Waals surface area contributed by atoms with Gasteiger partial charge in [0.2, 0.25) is 0 Å². The van der Waals surface area contributed by atoms with Crippen LogP contribution in [0.15, 0.2) is 53.5 Å². The third-order valence-electron chi connectivity index (χ3n) is 4.36. The minimum Gasteiger partial charge on any atom is -0.494 e. The van der Waals surface area contributed by atoms with Crippen molar-refractivity contribution in [1.29, 1.82) is 0 Å². The Kier molecular flexibility index (Phi) is 10.1. The zero-order valence-electron chi connectivity index (χ0n) is 16.8. The lowest BCUT2D eigenvalue weighted by Crippen LogP contribution is -1.97. The van der Waals surface area contributed by atoms with Crippen LogP contribution in [0.25, 0.3) is 0 Å². The summed E-state index contributed by atoms with van der Waals surface area (Å²) in [5.74, 6) is 1.83. The summed E-state index contributed by atoms with van der Waals surface area (Å²) in [5, 5.41) is 0. The lowest BCUT2D eigenvalue weighted by Gasteiger charge is -2.06. The molecule has 0 N–H and O–H groups in total. The van der Waals surface area contributed by atoms with E-state index >= 15 is 0 Å². The minimum atomic E-state index is 0.786. The quantitative estimate of drug-likeness (QED) is 0.283. The number of hydrogen-bond donors (Lipinski definition) is 0. The first-order chi connectivity index (χ1) is 13.3. The van der Waals surface area contributed by atoms with Crippen molar-refractivity contribution in [1.82, 2.24) is 0 Å². The van der Waals surface area contributed by atoms with Crippen molar-refractivity contribution in [2.45, 2.75) is 58.8 Å². The van der Waals surface area contributed by atoms with Crippen LogP contribution in [0, 0.1) is 0 Å². The second-order valence-corrected chi connectivity index (χ2v) is 6.79. The summed E-state index contributed by atoms with van der Waals surface area (Å²) in [5.41, 5.74) is 1.99. The van der Waals surface area contributed by atoms with E-state index in [-0.39, 0.29) is 0 Å². The number of rotatable bonds is 13. The molecule has 0 aliphatic carbocycles. The predicted molar refractivity (Wildman–Crippen MR) is 115 cm³/mol. The maximum atomic E-state index is 5.77. The van der Waals surface area contributed by atoms with Gasteiger partial charge in [-0.1, -0.05) is 46.0 Å². The molecule has 0 aromatic heterocycles. The van der Waals surface area contributed by atoms with Gasteiger partial charge in [0.1, 0.15) is 11.5 Å². The summed E-state index contributed by atoms with van der Waals surface area (Å²) in [6.07, 6.45) is 10.3. The molecule has 3 heteroatoms. The molecular formula is C24H33NO2. The molecule has 2 aromatic carbocycles. The lowest BCUT2D eigenvalue weighted by molar-refractivity contribution is 0.305. The summed E-state index contributed by atoms with van der Waals surface area (Å²) in [6, 6.07) is 16.0. The fourth-order valence-electron chi connectivity index (χ4n) is 2.69. The van der Waals surface area contributed by atoms with Gasteiger partial charge in [-0.3, -0.25) is 4.99 Å². The maximum Gasteiger partial charge on any atom is 0.119 e. The molecule has 0 fully saturated rings. The number of unbranched alkanes of at least 4 members (excludes halogenated alkanes) is 5. The molecular weight excluding hydrogens is 334 g/mol. The molecule has 0 saturated carbocycles. The van der Waals surface area contributed by atoms with Crippen molar-refractivity contribution in [3.63, 3.8) is 0 Å². The van der Waals surface area contributed by atoms with Crippen molar-refractivity contribution >= 4 is 11.9 Å². The van der Waals surface area contributed by atoms with E-state index in [9.17, 15) is 0 Å². The first-order valence-corrected chi connectivity index (χ1v) is 10.3. The van der Waals surface area contributed by atoms with Crippen molar-refractivity contribution < 1.29 is 9.47 Å². The molecule has 0 aliphatic heterocycles. The number of nitrogens with zero attached hydrogens (tertiary/aromatic N) is 1. The monoisotopic (exact) mass is 367 g/mol. The SMILES string of the molecule is CCCCCCOc1ccc(N=Cc2ccc(OCCCCC)cc2)cc1. The van der Waals surface area contributed by atoms with Gasteiger partial charge in [-0.05, 0) is 66.9 Å². The molecule has 0 atom stereocenters. The highest BCUT2D eigenvalue weighted by Crippen LogP contribution is 2.19. The third kappa shape index (κ3) is 8.76. The number of hydrogen-bond acceptors (Lipinski definition) is 3. The van der Waals surface area contributed by atoms with Crippen LogP contribution in [0.2, 0.25) is 0 Å². The number of benzene rings is 2. The van der Waals surface area contributed by atoms with E-state index in [0.717, 1.165) is 48.8 Å². The predicted octanol–water partition coefficient (Wildman–Crippen LogP) is 6.97. The Labute approximate surface area is 164 Å². The Hall–Kier alpha value is -2.29. The summed E-state index contributed by atoms with van der Waals surface area (Å²) in [7, 11) is 0. The van der Waals surface area contributed by atoms with Crippen LogP contribution in [0.3, 0.4) is 0 Å². The first kappa shape index (κ1) is 21.0. The fourth-order valence-corrected chi connectivity index (χ4v) is 2.69. The average Bonchev–Trinajstić information content (AvgIpc) is 2.71. The zero-order chi connectivity index (χ0) is 19.2. The molecule has 0 radical (unpaired) electrons. The van der Waals surface area contributed by atoms with Crippen molar-refractivity contribution in [2.75, 3.05) is 13.2 Å². The van der Waals surface area contributed by atoms with Gasteiger partial charge in [0.05, 0.1) is 18.9 Å². The highest BCUT2D eigenvalue weighted by Gasteiger charge is 1.97. The van der Waals surface area contributed by atoms with Crippen LogP contribution in [0.4, 0.5) is 5.69 Å². The Morgan fingerprint density at radius 2 is 1.19 bits per heavy atom. The molecule has 27 heavy (non-hydrogen) atoms. The molecule has 0 unspecified atom stereocenters. The largest absolute Gasteiger partial charge is 0.494 e. The van der Waals surface area contributed by atoms with Crippen molar-refractivity contribution in [3.05, 3.63) is 54.1 Å². The Morgan fingerprint density at radius 1 is 0.667 bits per heavy atom. The molecule has 0 heterocycles. The summed E-state index contributed by atoms with van der Waals surface area (Å²) in [6.45, 7) is 5.99. The topological polar surface area (TPSA) is 30.8 Å². The fraction of sp³-hybridized carbons (Fsp3) is 0.458. The van der Waals surface area contributed by atoms with Crippen LogP contribution in [-0.2, 0) is 0 Å². The zero-order valence-corrected chi connectivity index (χ0v) is 16.8. The van der Waals surface area contributed by atoms with Crippen LogP contribution >= 0.6 is 0 Å². The Morgan fingerprint density at radius 3 is 1.78 bits per heavy atom. The molecule has 0 saturated heterocycles. The Balaban J connectivity index is 1.76. The van der Waals surface area contributed by atoms with Gasteiger partial charge in [0.25, 0.3) is 0 Å². The highest BCUT2D eigenvalue weighted by atomic mass is 16.5. The second-order valence-electron chi connectivity index (χ2n) is 6.79. The molecule has 0 spiro atoms. The van der Waals surface area contributed by atoms with E-state index in [1.165, 1.54) is 32.1 Å². The molecule has 0 aliphatic rings. The van der Waals surface area contributed by atoms with E-state index in [2.05, 4.69) is 18.8 Å².